The average Bonchev–Trinajstić information content (AvgIpc) is 2.67. The molecule has 4 nitrogen and oxygen atoms in total. The second-order valence-electron chi connectivity index (χ2n) is 6.12. The van der Waals surface area contributed by atoms with Gasteiger partial charge in [0.2, 0.25) is 0 Å². The smallest absolute Gasteiger partial charge is 0.260 e. The number of sulfone groups is 1. The van der Waals surface area contributed by atoms with Crippen LogP contribution in [-0.2, 0) is 9.84 Å². The number of hydrogen-bond donors (Lipinski definition) is 0. The fraction of sp³-hybridized carbons (Fsp3) is 0.533. The van der Waals surface area contributed by atoms with Crippen molar-refractivity contribution in [1.29, 1.82) is 0 Å². The molecule has 1 amide bonds. The van der Waals surface area contributed by atoms with Crippen molar-refractivity contribution in [3.8, 4) is 0 Å². The molecule has 0 N–H and O–H groups in total. The second-order valence-corrected chi connectivity index (χ2v) is 8.44. The predicted molar refractivity (Wildman–Crippen MR) is 77.2 cm³/mol. The quantitative estimate of drug-likeness (QED) is 0.835. The van der Waals surface area contributed by atoms with Crippen molar-refractivity contribution in [2.75, 3.05) is 6.26 Å². The lowest BCUT2D eigenvalue weighted by Crippen LogP contribution is -2.50. The van der Waals surface area contributed by atoms with E-state index in [0.717, 1.165) is 12.1 Å². The Kier molecular flexibility index (Phi) is 3.71. The van der Waals surface area contributed by atoms with Crippen LogP contribution in [-0.4, -0.2) is 42.8 Å². The van der Waals surface area contributed by atoms with Crippen molar-refractivity contribution in [1.82, 2.24) is 4.90 Å². The Labute approximate surface area is 128 Å². The van der Waals surface area contributed by atoms with Crippen molar-refractivity contribution < 1.29 is 22.0 Å². The molecule has 0 radical (unpaired) electrons. The van der Waals surface area contributed by atoms with E-state index < -0.39 is 38.2 Å². The highest BCUT2D eigenvalue weighted by atomic mass is 32.2. The van der Waals surface area contributed by atoms with Gasteiger partial charge >= 0.3 is 0 Å². The second kappa shape index (κ2) is 5.30. The van der Waals surface area contributed by atoms with E-state index in [-0.39, 0.29) is 12.1 Å². The van der Waals surface area contributed by atoms with Gasteiger partial charge in [-0.05, 0) is 37.8 Å². The van der Waals surface area contributed by atoms with Gasteiger partial charge in [0.15, 0.2) is 0 Å². The molecule has 7 heteroatoms. The van der Waals surface area contributed by atoms with E-state index in [0.29, 0.717) is 25.7 Å². The van der Waals surface area contributed by atoms with Gasteiger partial charge in [-0.1, -0.05) is 6.07 Å². The number of hydrogen-bond acceptors (Lipinski definition) is 3. The highest BCUT2D eigenvalue weighted by Gasteiger charge is 2.46. The molecule has 1 aromatic rings. The first-order valence-electron chi connectivity index (χ1n) is 7.24. The van der Waals surface area contributed by atoms with Crippen LogP contribution in [0.2, 0.25) is 0 Å². The van der Waals surface area contributed by atoms with Gasteiger partial charge in [0.05, 0.1) is 5.25 Å². The van der Waals surface area contributed by atoms with Crippen LogP contribution in [0.5, 0.6) is 0 Å². The summed E-state index contributed by atoms with van der Waals surface area (Å²) in [5, 5.41) is -0.473. The topological polar surface area (TPSA) is 54.5 Å². The fourth-order valence-electron chi connectivity index (χ4n) is 3.64. The van der Waals surface area contributed by atoms with Crippen LogP contribution < -0.4 is 0 Å². The first kappa shape index (κ1) is 15.4. The minimum absolute atomic E-state index is 0.259. The average molecular weight is 329 g/mol. The lowest BCUT2D eigenvalue weighted by atomic mass is 10.0. The molecule has 0 aromatic heterocycles. The van der Waals surface area contributed by atoms with Crippen molar-refractivity contribution >= 4 is 15.7 Å². The van der Waals surface area contributed by atoms with E-state index in [1.165, 1.54) is 17.2 Å². The molecule has 0 spiro atoms. The van der Waals surface area contributed by atoms with Gasteiger partial charge in [0, 0.05) is 18.3 Å². The maximum Gasteiger partial charge on any atom is 0.260 e. The van der Waals surface area contributed by atoms with E-state index in [9.17, 15) is 22.0 Å². The van der Waals surface area contributed by atoms with Gasteiger partial charge in [-0.15, -0.1) is 0 Å². The molecule has 2 aliphatic rings. The number of carbonyl (C=O) groups excluding carboxylic acids is 1. The molecule has 2 saturated heterocycles. The molecule has 2 aliphatic heterocycles. The third-order valence-corrected chi connectivity index (χ3v) is 6.30. The lowest BCUT2D eigenvalue weighted by Gasteiger charge is -2.38. The minimum Gasteiger partial charge on any atom is -0.332 e. The maximum absolute atomic E-state index is 13.8. The molecule has 3 rings (SSSR count). The summed E-state index contributed by atoms with van der Waals surface area (Å²) in [4.78, 5) is 14.0. The summed E-state index contributed by atoms with van der Waals surface area (Å²) in [5.41, 5.74) is -0.544. The van der Waals surface area contributed by atoms with Crippen LogP contribution in [0.15, 0.2) is 18.2 Å². The number of piperidine rings is 1. The zero-order valence-corrected chi connectivity index (χ0v) is 12.9. The van der Waals surface area contributed by atoms with Gasteiger partial charge in [-0.2, -0.15) is 0 Å². The Balaban J connectivity index is 1.90. The standard InChI is InChI=1S/C15H17F2NO3S/c1-22(20,21)11-7-9-5-6-10(8-11)18(9)15(19)14-12(16)3-2-4-13(14)17/h2-4,9-11H,5-8H2,1H3/t9-,10+,11?. The van der Waals surface area contributed by atoms with Crippen LogP contribution >= 0.6 is 0 Å². The molecule has 1 unspecified atom stereocenters. The zero-order chi connectivity index (χ0) is 16.1. The summed E-state index contributed by atoms with van der Waals surface area (Å²) in [6.07, 6.45) is 3.25. The molecule has 2 fully saturated rings. The molecule has 0 saturated carbocycles. The third-order valence-electron chi connectivity index (χ3n) is 4.71. The Morgan fingerprint density at radius 1 is 1.14 bits per heavy atom. The first-order valence-corrected chi connectivity index (χ1v) is 9.20. The van der Waals surface area contributed by atoms with Gasteiger partial charge < -0.3 is 4.90 Å². The van der Waals surface area contributed by atoms with Crippen molar-refractivity contribution in [3.63, 3.8) is 0 Å². The van der Waals surface area contributed by atoms with Crippen molar-refractivity contribution in [2.45, 2.75) is 43.0 Å². The molecular weight excluding hydrogens is 312 g/mol. The number of nitrogens with zero attached hydrogens (tertiary/aromatic N) is 1. The lowest BCUT2D eigenvalue weighted by molar-refractivity contribution is 0.0588. The highest BCUT2D eigenvalue weighted by Crippen LogP contribution is 2.39. The molecule has 1 aromatic carbocycles. The Morgan fingerprint density at radius 3 is 2.09 bits per heavy atom. The summed E-state index contributed by atoms with van der Waals surface area (Å²) >= 11 is 0. The molecule has 2 heterocycles. The Morgan fingerprint density at radius 2 is 1.64 bits per heavy atom. The monoisotopic (exact) mass is 329 g/mol. The van der Waals surface area contributed by atoms with Crippen molar-refractivity contribution in [3.05, 3.63) is 35.4 Å². The van der Waals surface area contributed by atoms with Crippen LogP contribution in [0.1, 0.15) is 36.0 Å². The van der Waals surface area contributed by atoms with E-state index in [2.05, 4.69) is 0 Å². The molecule has 22 heavy (non-hydrogen) atoms. The van der Waals surface area contributed by atoms with E-state index in [1.54, 1.807) is 0 Å². The Hall–Kier alpha value is -1.50. The molecule has 120 valence electrons. The zero-order valence-electron chi connectivity index (χ0n) is 12.1. The van der Waals surface area contributed by atoms with Crippen LogP contribution in [0.25, 0.3) is 0 Å². The first-order chi connectivity index (χ1) is 10.3. The minimum atomic E-state index is -3.17. The largest absolute Gasteiger partial charge is 0.332 e. The van der Waals surface area contributed by atoms with Gasteiger partial charge in [-0.25, -0.2) is 17.2 Å². The van der Waals surface area contributed by atoms with Gasteiger partial charge in [0.1, 0.15) is 27.0 Å². The highest BCUT2D eigenvalue weighted by molar-refractivity contribution is 7.91. The summed E-state index contributed by atoms with van der Waals surface area (Å²) in [6.45, 7) is 0. The van der Waals surface area contributed by atoms with E-state index in [4.69, 9.17) is 0 Å². The summed E-state index contributed by atoms with van der Waals surface area (Å²) in [7, 11) is -3.17. The third kappa shape index (κ3) is 2.51. The normalized spacial score (nSPS) is 28.0. The molecule has 2 bridgehead atoms. The maximum atomic E-state index is 13.8. The fourth-order valence-corrected chi connectivity index (χ4v) is 4.78. The molecule has 0 aliphatic carbocycles. The number of benzene rings is 1. The van der Waals surface area contributed by atoms with Crippen LogP contribution in [0.4, 0.5) is 8.78 Å². The summed E-state index contributed by atoms with van der Waals surface area (Å²) in [5.74, 6) is -2.43. The SMILES string of the molecule is CS(=O)(=O)C1C[C@H]2CC[C@@H](C1)N2C(=O)c1c(F)cccc1F. The van der Waals surface area contributed by atoms with E-state index in [1.807, 2.05) is 0 Å². The summed E-state index contributed by atoms with van der Waals surface area (Å²) in [6, 6.07) is 2.81. The number of amides is 1. The number of rotatable bonds is 2. The number of fused-ring (bicyclic) bond motifs is 2. The van der Waals surface area contributed by atoms with Gasteiger partial charge in [0.25, 0.3) is 5.91 Å². The molecule has 3 atom stereocenters. The van der Waals surface area contributed by atoms with Crippen LogP contribution in [0, 0.1) is 11.6 Å². The number of halogens is 2. The predicted octanol–water partition coefficient (Wildman–Crippen LogP) is 2.15. The van der Waals surface area contributed by atoms with Crippen LogP contribution in [0.3, 0.4) is 0 Å². The Bertz CT molecular complexity index is 685. The van der Waals surface area contributed by atoms with Gasteiger partial charge in [-0.3, -0.25) is 4.79 Å². The number of carbonyl (C=O) groups is 1. The van der Waals surface area contributed by atoms with E-state index >= 15 is 0 Å². The molecular formula is C15H17F2NO3S. The summed E-state index contributed by atoms with van der Waals surface area (Å²) < 4.78 is 51.1. The van der Waals surface area contributed by atoms with Crippen molar-refractivity contribution in [2.24, 2.45) is 0 Å².